The Morgan fingerprint density at radius 2 is 1.15 bits per heavy atom. The van der Waals surface area contributed by atoms with Crippen LogP contribution in [0.1, 0.15) is 56.3 Å². The van der Waals surface area contributed by atoms with Crippen molar-refractivity contribution >= 4 is 96.9 Å². The lowest BCUT2D eigenvalue weighted by Crippen LogP contribution is -2.19. The van der Waals surface area contributed by atoms with Crippen LogP contribution in [0.15, 0.2) is 194 Å². The quantitative estimate of drug-likeness (QED) is 0.122. The lowest BCUT2D eigenvalue weighted by atomic mass is 9.80. The summed E-state index contributed by atoms with van der Waals surface area (Å²) in [4.78, 5) is 6.21. The Kier molecular flexibility index (Phi) is 9.58. The van der Waals surface area contributed by atoms with E-state index >= 15 is 0 Å². The zero-order valence-electron chi connectivity index (χ0n) is 35.5. The molecule has 0 aliphatic heterocycles. The van der Waals surface area contributed by atoms with Crippen molar-refractivity contribution in [3.05, 3.63) is 205 Å². The van der Waals surface area contributed by atoms with E-state index in [1.54, 1.807) is 0 Å². The first-order valence-corrected chi connectivity index (χ1v) is 22.9. The summed E-state index contributed by atoms with van der Waals surface area (Å²) in [6.07, 6.45) is 1.84. The van der Waals surface area contributed by atoms with Gasteiger partial charge in [0, 0.05) is 53.8 Å². The standard InChI is InChI=1S/C59H48N2S/c1-5-37(3)58(60-59(49-30-18-24-40-20-10-12-26-47(40)49)44(6-2)38(4)45-29-17-23-39-19-9-11-25-46(39)45)52-35-43(36-56-57(52)50-28-14-16-32-55(50)62-56)61-53-31-15-13-27-48(53)51-33-41-21-7-8-22-42(41)34-54(51)61/h7-37,44,59H,4-6H2,1-3H3. The molecule has 3 heteroatoms. The minimum Gasteiger partial charge on any atom is -0.309 e. The van der Waals surface area contributed by atoms with E-state index in [1.165, 1.54) is 91.0 Å². The molecule has 0 saturated heterocycles. The third kappa shape index (κ3) is 6.26. The monoisotopic (exact) mass is 816 g/mol. The summed E-state index contributed by atoms with van der Waals surface area (Å²) in [6.45, 7) is 12.0. The van der Waals surface area contributed by atoms with E-state index in [0.29, 0.717) is 0 Å². The van der Waals surface area contributed by atoms with Crippen molar-refractivity contribution in [1.29, 1.82) is 0 Å². The van der Waals surface area contributed by atoms with Crippen molar-refractivity contribution in [1.82, 2.24) is 4.57 Å². The number of rotatable bonds is 10. The topological polar surface area (TPSA) is 17.3 Å². The Balaban J connectivity index is 1.21. The Labute approximate surface area is 367 Å². The van der Waals surface area contributed by atoms with E-state index < -0.39 is 0 Å². The molecule has 62 heavy (non-hydrogen) atoms. The van der Waals surface area contributed by atoms with Crippen LogP contribution in [0.5, 0.6) is 0 Å². The third-order valence-electron chi connectivity index (χ3n) is 13.4. The Morgan fingerprint density at radius 3 is 1.90 bits per heavy atom. The van der Waals surface area contributed by atoms with Gasteiger partial charge in [-0.15, -0.1) is 11.3 Å². The third-order valence-corrected chi connectivity index (χ3v) is 14.6. The zero-order valence-corrected chi connectivity index (χ0v) is 36.3. The lowest BCUT2D eigenvalue weighted by molar-refractivity contribution is 0.523. The first-order chi connectivity index (χ1) is 30.5. The fraction of sp³-hybridized carbons (Fsp3) is 0.136. The molecule has 2 nitrogen and oxygen atoms in total. The number of benzene rings is 9. The lowest BCUT2D eigenvalue weighted by Gasteiger charge is -2.30. The van der Waals surface area contributed by atoms with Gasteiger partial charge in [-0.05, 0) is 104 Å². The molecule has 0 spiro atoms. The van der Waals surface area contributed by atoms with Crippen LogP contribution >= 0.6 is 11.3 Å². The predicted octanol–water partition coefficient (Wildman–Crippen LogP) is 16.9. The van der Waals surface area contributed by atoms with Crippen molar-refractivity contribution in [3.8, 4) is 5.69 Å². The molecule has 2 aromatic heterocycles. The second-order valence-electron chi connectivity index (χ2n) is 16.9. The Morgan fingerprint density at radius 1 is 0.532 bits per heavy atom. The number of hydrogen-bond acceptors (Lipinski definition) is 2. The summed E-state index contributed by atoms with van der Waals surface area (Å²) < 4.78 is 5.06. The summed E-state index contributed by atoms with van der Waals surface area (Å²) in [5, 5.41) is 12.5. The molecule has 0 fully saturated rings. The number of aliphatic imine (C=N–C) groups is 1. The molecule has 0 aliphatic rings. The number of nitrogens with zero attached hydrogens (tertiary/aromatic N) is 2. The van der Waals surface area contributed by atoms with Gasteiger partial charge >= 0.3 is 0 Å². The highest BCUT2D eigenvalue weighted by Crippen LogP contribution is 2.45. The van der Waals surface area contributed by atoms with Crippen LogP contribution in [0.2, 0.25) is 0 Å². The largest absolute Gasteiger partial charge is 0.309 e. The van der Waals surface area contributed by atoms with E-state index in [2.05, 4.69) is 207 Å². The second kappa shape index (κ2) is 15.6. The number of para-hydroxylation sites is 1. The molecule has 0 radical (unpaired) electrons. The highest BCUT2D eigenvalue weighted by molar-refractivity contribution is 7.25. The summed E-state index contributed by atoms with van der Waals surface area (Å²) in [6, 6.07) is 66.9. The summed E-state index contributed by atoms with van der Waals surface area (Å²) in [7, 11) is 0. The van der Waals surface area contributed by atoms with Gasteiger partial charge in [-0.25, -0.2) is 0 Å². The highest BCUT2D eigenvalue weighted by Gasteiger charge is 2.30. The predicted molar refractivity (Wildman–Crippen MR) is 271 cm³/mol. The van der Waals surface area contributed by atoms with E-state index in [-0.39, 0.29) is 17.9 Å². The molecule has 0 N–H and O–H groups in total. The number of thiophene rings is 1. The molecule has 300 valence electrons. The maximum absolute atomic E-state index is 6.21. The van der Waals surface area contributed by atoms with Crippen molar-refractivity contribution in [3.63, 3.8) is 0 Å². The van der Waals surface area contributed by atoms with Gasteiger partial charge in [-0.2, -0.15) is 0 Å². The van der Waals surface area contributed by atoms with Crippen LogP contribution in [0.4, 0.5) is 0 Å². The van der Waals surface area contributed by atoms with Gasteiger partial charge in [0.15, 0.2) is 0 Å². The number of fused-ring (bicyclic) bond motifs is 9. The normalized spacial score (nSPS) is 13.8. The van der Waals surface area contributed by atoms with E-state index in [1.807, 2.05) is 11.3 Å². The SMILES string of the molecule is C=C(c1cccc2ccccc12)C(CC)C(N=C(c1cc(-n2c3ccccc3c3cc4ccccc4cc32)cc2sc3ccccc3c12)C(C)CC)c1cccc2ccccc12. The minimum absolute atomic E-state index is 0.0363. The molecule has 0 aliphatic carbocycles. The fourth-order valence-corrected chi connectivity index (χ4v) is 11.3. The van der Waals surface area contributed by atoms with Gasteiger partial charge in [-0.3, -0.25) is 4.99 Å². The molecule has 0 bridgehead atoms. The van der Waals surface area contributed by atoms with Crippen LogP contribution in [0, 0.1) is 11.8 Å². The molecular weight excluding hydrogens is 769 g/mol. The van der Waals surface area contributed by atoms with Crippen LogP contribution in [0.25, 0.3) is 85.6 Å². The Bertz CT molecular complexity index is 3550. The van der Waals surface area contributed by atoms with Crippen LogP contribution in [-0.2, 0) is 0 Å². The molecule has 9 aromatic carbocycles. The molecule has 3 unspecified atom stereocenters. The second-order valence-corrected chi connectivity index (χ2v) is 18.0. The maximum atomic E-state index is 6.21. The van der Waals surface area contributed by atoms with Gasteiger partial charge < -0.3 is 4.57 Å². The van der Waals surface area contributed by atoms with Crippen LogP contribution < -0.4 is 0 Å². The Hall–Kier alpha value is -6.81. The molecule has 11 rings (SSSR count). The van der Waals surface area contributed by atoms with Crippen LogP contribution in [0.3, 0.4) is 0 Å². The van der Waals surface area contributed by atoms with Crippen LogP contribution in [-0.4, -0.2) is 10.3 Å². The molecular formula is C59H48N2S. The van der Waals surface area contributed by atoms with Crippen molar-refractivity contribution in [2.45, 2.75) is 39.7 Å². The molecule has 0 saturated carbocycles. The number of hydrogen-bond donors (Lipinski definition) is 0. The first-order valence-electron chi connectivity index (χ1n) is 22.1. The summed E-state index contributed by atoms with van der Waals surface area (Å²) >= 11 is 1.89. The van der Waals surface area contributed by atoms with E-state index in [9.17, 15) is 0 Å². The highest BCUT2D eigenvalue weighted by atomic mass is 32.1. The van der Waals surface area contributed by atoms with E-state index in [0.717, 1.165) is 29.8 Å². The average molecular weight is 817 g/mol. The fourth-order valence-electron chi connectivity index (χ4n) is 10.2. The smallest absolute Gasteiger partial charge is 0.0826 e. The minimum atomic E-state index is -0.190. The van der Waals surface area contributed by atoms with E-state index in [4.69, 9.17) is 11.6 Å². The van der Waals surface area contributed by atoms with Gasteiger partial charge in [0.05, 0.1) is 17.1 Å². The summed E-state index contributed by atoms with van der Waals surface area (Å²) in [5.74, 6) is 0.212. The maximum Gasteiger partial charge on any atom is 0.0826 e. The van der Waals surface area contributed by atoms with Gasteiger partial charge in [0.2, 0.25) is 0 Å². The van der Waals surface area contributed by atoms with Gasteiger partial charge in [0.1, 0.15) is 0 Å². The average Bonchev–Trinajstić information content (AvgIpc) is 3.86. The zero-order chi connectivity index (χ0) is 41.9. The molecule has 11 aromatic rings. The first kappa shape index (κ1) is 38.1. The molecule has 3 atom stereocenters. The van der Waals surface area contributed by atoms with Crippen molar-refractivity contribution < 1.29 is 0 Å². The number of aromatic nitrogens is 1. The van der Waals surface area contributed by atoms with Gasteiger partial charge in [0.25, 0.3) is 0 Å². The molecule has 0 amide bonds. The van der Waals surface area contributed by atoms with Crippen molar-refractivity contribution in [2.24, 2.45) is 16.8 Å². The summed E-state index contributed by atoms with van der Waals surface area (Å²) in [5.41, 5.74) is 9.52. The molecule has 2 heterocycles. The van der Waals surface area contributed by atoms with Gasteiger partial charge in [-0.1, -0.05) is 173 Å². The van der Waals surface area contributed by atoms with Crippen molar-refractivity contribution in [2.75, 3.05) is 0 Å².